The molecule has 0 aromatic carbocycles. The SMILES string of the molecule is CSC(=S)N/N=C(\C)c1ccc[nH]1. The number of thiocarbonyl (C=S) groups is 1. The van der Waals surface area contributed by atoms with E-state index in [-0.39, 0.29) is 0 Å². The predicted octanol–water partition coefficient (Wildman–Crippen LogP) is 1.98. The summed E-state index contributed by atoms with van der Waals surface area (Å²) in [7, 11) is 0. The van der Waals surface area contributed by atoms with Gasteiger partial charge in [0.05, 0.1) is 11.4 Å². The third-order valence-corrected chi connectivity index (χ3v) is 2.54. The third kappa shape index (κ3) is 3.20. The first kappa shape index (κ1) is 10.3. The van der Waals surface area contributed by atoms with Crippen molar-refractivity contribution in [1.29, 1.82) is 0 Å². The topological polar surface area (TPSA) is 40.2 Å². The summed E-state index contributed by atoms with van der Waals surface area (Å²) in [5.41, 5.74) is 4.67. The highest BCUT2D eigenvalue weighted by Crippen LogP contribution is 1.98. The quantitative estimate of drug-likeness (QED) is 0.448. The van der Waals surface area contributed by atoms with Gasteiger partial charge in [-0.05, 0) is 25.3 Å². The molecule has 3 nitrogen and oxygen atoms in total. The molecule has 1 aromatic rings. The average Bonchev–Trinajstić information content (AvgIpc) is 2.66. The highest BCUT2D eigenvalue weighted by Gasteiger charge is 1.96. The minimum absolute atomic E-state index is 0.672. The van der Waals surface area contributed by atoms with E-state index in [4.69, 9.17) is 12.2 Å². The van der Waals surface area contributed by atoms with Gasteiger partial charge in [-0.3, -0.25) is 5.43 Å². The molecular weight excluding hydrogens is 202 g/mol. The third-order valence-electron chi connectivity index (χ3n) is 1.49. The molecule has 2 N–H and O–H groups in total. The van der Waals surface area contributed by atoms with Gasteiger partial charge in [-0.1, -0.05) is 24.0 Å². The first-order chi connectivity index (χ1) is 6.24. The Hall–Kier alpha value is -0.810. The van der Waals surface area contributed by atoms with Gasteiger partial charge >= 0.3 is 0 Å². The molecule has 0 fully saturated rings. The Morgan fingerprint density at radius 2 is 2.46 bits per heavy atom. The standard InChI is InChI=1S/C8H11N3S2/c1-6(7-4-3-5-9-7)10-11-8(12)13-2/h3-5,9H,1-2H3,(H,11,12)/b10-6+. The zero-order valence-electron chi connectivity index (χ0n) is 7.50. The molecule has 0 aliphatic heterocycles. The van der Waals surface area contributed by atoms with Gasteiger partial charge in [0, 0.05) is 6.20 Å². The van der Waals surface area contributed by atoms with Gasteiger partial charge in [0.15, 0.2) is 4.32 Å². The van der Waals surface area contributed by atoms with Crippen LogP contribution in [0.3, 0.4) is 0 Å². The van der Waals surface area contributed by atoms with Crippen LogP contribution in [-0.2, 0) is 0 Å². The monoisotopic (exact) mass is 213 g/mol. The lowest BCUT2D eigenvalue weighted by Crippen LogP contribution is -2.13. The summed E-state index contributed by atoms with van der Waals surface area (Å²) < 4.78 is 0.672. The normalized spacial score (nSPS) is 11.4. The zero-order chi connectivity index (χ0) is 9.68. The van der Waals surface area contributed by atoms with Crippen molar-refractivity contribution in [2.45, 2.75) is 6.92 Å². The van der Waals surface area contributed by atoms with E-state index in [0.29, 0.717) is 4.32 Å². The molecule has 1 rings (SSSR count). The predicted molar refractivity (Wildman–Crippen MR) is 62.3 cm³/mol. The van der Waals surface area contributed by atoms with Gasteiger partial charge in [0.25, 0.3) is 0 Å². The molecule has 0 aliphatic carbocycles. The number of H-pyrrole nitrogens is 1. The van der Waals surface area contributed by atoms with Crippen LogP contribution in [0, 0.1) is 0 Å². The van der Waals surface area contributed by atoms with E-state index in [1.165, 1.54) is 11.8 Å². The van der Waals surface area contributed by atoms with Crippen molar-refractivity contribution in [3.8, 4) is 0 Å². The lowest BCUT2D eigenvalue weighted by molar-refractivity contribution is 1.05. The van der Waals surface area contributed by atoms with Gasteiger partial charge < -0.3 is 4.98 Å². The average molecular weight is 213 g/mol. The lowest BCUT2D eigenvalue weighted by atomic mass is 10.3. The first-order valence-corrected chi connectivity index (χ1v) is 5.39. The van der Waals surface area contributed by atoms with Crippen molar-refractivity contribution >= 4 is 34.0 Å². The van der Waals surface area contributed by atoms with Crippen LogP contribution in [0.15, 0.2) is 23.4 Å². The van der Waals surface area contributed by atoms with Crippen LogP contribution < -0.4 is 5.43 Å². The maximum atomic E-state index is 4.94. The van der Waals surface area contributed by atoms with Crippen molar-refractivity contribution in [1.82, 2.24) is 10.4 Å². The summed E-state index contributed by atoms with van der Waals surface area (Å²) >= 11 is 6.40. The highest BCUT2D eigenvalue weighted by molar-refractivity contribution is 8.22. The van der Waals surface area contributed by atoms with E-state index in [1.807, 2.05) is 31.5 Å². The van der Waals surface area contributed by atoms with Crippen molar-refractivity contribution in [3.63, 3.8) is 0 Å². The van der Waals surface area contributed by atoms with Crippen molar-refractivity contribution in [2.24, 2.45) is 5.10 Å². The number of aromatic amines is 1. The van der Waals surface area contributed by atoms with Crippen LogP contribution in [0.25, 0.3) is 0 Å². The van der Waals surface area contributed by atoms with Crippen LogP contribution in [0.5, 0.6) is 0 Å². The second-order valence-corrected chi connectivity index (χ2v) is 3.87. The van der Waals surface area contributed by atoms with Crippen molar-refractivity contribution < 1.29 is 0 Å². The number of nitrogens with one attached hydrogen (secondary N) is 2. The first-order valence-electron chi connectivity index (χ1n) is 3.76. The molecule has 0 spiro atoms. The molecule has 1 aromatic heterocycles. The molecule has 0 amide bonds. The maximum absolute atomic E-state index is 4.94. The second-order valence-electron chi connectivity index (χ2n) is 2.38. The molecule has 0 unspecified atom stereocenters. The van der Waals surface area contributed by atoms with Crippen LogP contribution in [-0.4, -0.2) is 21.3 Å². The molecule has 0 atom stereocenters. The molecular formula is C8H11N3S2. The van der Waals surface area contributed by atoms with E-state index < -0.39 is 0 Å². The van der Waals surface area contributed by atoms with E-state index in [1.54, 1.807) is 0 Å². The van der Waals surface area contributed by atoms with Crippen LogP contribution in [0.1, 0.15) is 12.6 Å². The Morgan fingerprint density at radius 1 is 1.69 bits per heavy atom. The number of hydrazone groups is 1. The molecule has 13 heavy (non-hydrogen) atoms. The highest BCUT2D eigenvalue weighted by atomic mass is 32.2. The van der Waals surface area contributed by atoms with Gasteiger partial charge in [0.2, 0.25) is 0 Å². The Morgan fingerprint density at radius 3 is 3.00 bits per heavy atom. The van der Waals surface area contributed by atoms with Crippen LogP contribution >= 0.6 is 24.0 Å². The number of thioether (sulfide) groups is 1. The van der Waals surface area contributed by atoms with Gasteiger partial charge in [-0.15, -0.1) is 0 Å². The molecule has 1 heterocycles. The fourth-order valence-corrected chi connectivity index (χ4v) is 0.973. The fourth-order valence-electron chi connectivity index (χ4n) is 0.791. The molecule has 5 heteroatoms. The van der Waals surface area contributed by atoms with Crippen molar-refractivity contribution in [3.05, 3.63) is 24.0 Å². The fraction of sp³-hybridized carbons (Fsp3) is 0.250. The Balaban J connectivity index is 2.57. The Labute approximate surface area is 87.0 Å². The van der Waals surface area contributed by atoms with Gasteiger partial charge in [0.1, 0.15) is 0 Å². The molecule has 0 aliphatic rings. The Kier molecular flexibility index (Phi) is 3.98. The summed E-state index contributed by atoms with van der Waals surface area (Å²) in [4.78, 5) is 3.06. The minimum Gasteiger partial charge on any atom is -0.360 e. The number of nitrogens with zero attached hydrogens (tertiary/aromatic N) is 1. The summed E-state index contributed by atoms with van der Waals surface area (Å²) in [6.45, 7) is 1.92. The lowest BCUT2D eigenvalue weighted by Gasteiger charge is -1.99. The van der Waals surface area contributed by atoms with Crippen LogP contribution in [0.2, 0.25) is 0 Å². The van der Waals surface area contributed by atoms with Crippen molar-refractivity contribution in [2.75, 3.05) is 6.26 Å². The second kappa shape index (κ2) is 5.04. The van der Waals surface area contributed by atoms with E-state index in [0.717, 1.165) is 11.4 Å². The molecule has 0 radical (unpaired) electrons. The number of aromatic nitrogens is 1. The number of hydrogen-bond acceptors (Lipinski definition) is 3. The van der Waals surface area contributed by atoms with Crippen LogP contribution in [0.4, 0.5) is 0 Å². The molecule has 70 valence electrons. The number of rotatable bonds is 2. The Bertz CT molecular complexity index is 303. The zero-order valence-corrected chi connectivity index (χ0v) is 9.13. The summed E-state index contributed by atoms with van der Waals surface area (Å²) in [6.07, 6.45) is 3.77. The maximum Gasteiger partial charge on any atom is 0.153 e. The number of hydrogen-bond donors (Lipinski definition) is 2. The summed E-state index contributed by atoms with van der Waals surface area (Å²) in [6, 6.07) is 3.89. The van der Waals surface area contributed by atoms with Gasteiger partial charge in [-0.25, -0.2) is 0 Å². The minimum atomic E-state index is 0.672. The largest absolute Gasteiger partial charge is 0.360 e. The molecule has 0 saturated carbocycles. The summed E-state index contributed by atoms with van der Waals surface area (Å²) in [5.74, 6) is 0. The van der Waals surface area contributed by atoms with E-state index in [9.17, 15) is 0 Å². The summed E-state index contributed by atoms with van der Waals surface area (Å²) in [5, 5.41) is 4.11. The van der Waals surface area contributed by atoms with E-state index in [2.05, 4.69) is 15.5 Å². The molecule has 0 bridgehead atoms. The van der Waals surface area contributed by atoms with E-state index >= 15 is 0 Å². The van der Waals surface area contributed by atoms with Gasteiger partial charge in [-0.2, -0.15) is 5.10 Å². The smallest absolute Gasteiger partial charge is 0.153 e. The molecule has 0 saturated heterocycles.